The zero-order valence-corrected chi connectivity index (χ0v) is 9.67. The molecule has 0 radical (unpaired) electrons. The van der Waals surface area contributed by atoms with Crippen LogP contribution in [0.3, 0.4) is 0 Å². The highest BCUT2D eigenvalue weighted by atomic mass is 16.5. The molecule has 1 aromatic heterocycles. The van der Waals surface area contributed by atoms with E-state index in [4.69, 9.17) is 9.15 Å². The van der Waals surface area contributed by atoms with Gasteiger partial charge in [0.2, 0.25) is 0 Å². The van der Waals surface area contributed by atoms with Gasteiger partial charge in [0.1, 0.15) is 18.1 Å². The highest BCUT2D eigenvalue weighted by molar-refractivity contribution is 5.85. The Morgan fingerprint density at radius 2 is 1.89 bits per heavy atom. The standard InChI is InChI=1S/C15H12O3/c16-14-3-1-12-2-4-15(8-13(12)7-14)18-10-11-5-6-17-9-11/h1-9,16H,10H2. The molecule has 0 atom stereocenters. The molecule has 0 aliphatic rings. The predicted octanol–water partition coefficient (Wildman–Crippen LogP) is 3.72. The number of ether oxygens (including phenoxy) is 1. The highest BCUT2D eigenvalue weighted by Crippen LogP contribution is 2.24. The third-order valence-electron chi connectivity index (χ3n) is 2.78. The molecular formula is C15H12O3. The number of phenolic OH excluding ortho intramolecular Hbond substituents is 1. The van der Waals surface area contributed by atoms with Crippen molar-refractivity contribution < 1.29 is 14.3 Å². The number of aromatic hydroxyl groups is 1. The molecule has 1 N–H and O–H groups in total. The fraction of sp³-hybridized carbons (Fsp3) is 0.0667. The molecule has 0 saturated heterocycles. The van der Waals surface area contributed by atoms with Gasteiger partial charge in [-0.15, -0.1) is 0 Å². The van der Waals surface area contributed by atoms with Gasteiger partial charge in [-0.2, -0.15) is 0 Å². The van der Waals surface area contributed by atoms with Gasteiger partial charge in [0, 0.05) is 5.56 Å². The van der Waals surface area contributed by atoms with E-state index in [9.17, 15) is 5.11 Å². The van der Waals surface area contributed by atoms with Gasteiger partial charge in [-0.3, -0.25) is 0 Å². The molecule has 1 heterocycles. The molecule has 3 rings (SSSR count). The summed E-state index contributed by atoms with van der Waals surface area (Å²) in [5.74, 6) is 1.03. The monoisotopic (exact) mass is 240 g/mol. The summed E-state index contributed by atoms with van der Waals surface area (Å²) < 4.78 is 10.6. The Hall–Kier alpha value is -2.42. The number of hydrogen-bond donors (Lipinski definition) is 1. The minimum absolute atomic E-state index is 0.259. The molecule has 3 heteroatoms. The van der Waals surface area contributed by atoms with Crippen LogP contribution in [0.15, 0.2) is 59.4 Å². The minimum atomic E-state index is 0.259. The van der Waals surface area contributed by atoms with Crippen LogP contribution < -0.4 is 4.74 Å². The van der Waals surface area contributed by atoms with Crippen LogP contribution in [0.1, 0.15) is 5.56 Å². The lowest BCUT2D eigenvalue weighted by Gasteiger charge is -2.06. The summed E-state index contributed by atoms with van der Waals surface area (Å²) >= 11 is 0. The minimum Gasteiger partial charge on any atom is -0.508 e. The highest BCUT2D eigenvalue weighted by Gasteiger charge is 2.00. The predicted molar refractivity (Wildman–Crippen MR) is 68.7 cm³/mol. The van der Waals surface area contributed by atoms with Crippen LogP contribution in [-0.4, -0.2) is 5.11 Å². The van der Waals surface area contributed by atoms with E-state index in [2.05, 4.69) is 0 Å². The van der Waals surface area contributed by atoms with Crippen molar-refractivity contribution in [3.8, 4) is 11.5 Å². The van der Waals surface area contributed by atoms with Crippen LogP contribution >= 0.6 is 0 Å². The third kappa shape index (κ3) is 2.15. The zero-order valence-electron chi connectivity index (χ0n) is 9.67. The first-order valence-electron chi connectivity index (χ1n) is 5.68. The Morgan fingerprint density at radius 1 is 1.00 bits per heavy atom. The van der Waals surface area contributed by atoms with Crippen molar-refractivity contribution in [1.82, 2.24) is 0 Å². The van der Waals surface area contributed by atoms with Crippen molar-refractivity contribution in [2.24, 2.45) is 0 Å². The van der Waals surface area contributed by atoms with Crippen molar-refractivity contribution in [2.45, 2.75) is 6.61 Å². The second-order valence-corrected chi connectivity index (χ2v) is 4.11. The maximum Gasteiger partial charge on any atom is 0.120 e. The lowest BCUT2D eigenvalue weighted by atomic mass is 10.1. The number of furan rings is 1. The number of phenols is 1. The van der Waals surface area contributed by atoms with Crippen LogP contribution in [0.25, 0.3) is 10.8 Å². The van der Waals surface area contributed by atoms with Gasteiger partial charge in [-0.05, 0) is 41.1 Å². The summed E-state index contributed by atoms with van der Waals surface area (Å²) in [6.45, 7) is 0.473. The van der Waals surface area contributed by atoms with Crippen LogP contribution in [0.4, 0.5) is 0 Å². The zero-order chi connectivity index (χ0) is 12.4. The van der Waals surface area contributed by atoms with Gasteiger partial charge < -0.3 is 14.3 Å². The van der Waals surface area contributed by atoms with Crippen molar-refractivity contribution in [1.29, 1.82) is 0 Å². The van der Waals surface area contributed by atoms with E-state index in [-0.39, 0.29) is 5.75 Å². The number of rotatable bonds is 3. The van der Waals surface area contributed by atoms with Crippen LogP contribution in [0, 0.1) is 0 Å². The summed E-state index contributed by atoms with van der Waals surface area (Å²) in [6.07, 6.45) is 3.28. The first kappa shape index (κ1) is 10.7. The second-order valence-electron chi connectivity index (χ2n) is 4.11. The van der Waals surface area contributed by atoms with Gasteiger partial charge in [0.15, 0.2) is 0 Å². The normalized spacial score (nSPS) is 10.7. The molecule has 0 aliphatic heterocycles. The number of fused-ring (bicyclic) bond motifs is 1. The molecule has 0 spiro atoms. The van der Waals surface area contributed by atoms with E-state index in [1.165, 1.54) is 0 Å². The van der Waals surface area contributed by atoms with Crippen molar-refractivity contribution in [2.75, 3.05) is 0 Å². The summed E-state index contributed by atoms with van der Waals surface area (Å²) in [7, 11) is 0. The maximum atomic E-state index is 9.45. The molecule has 2 aromatic carbocycles. The van der Waals surface area contributed by atoms with Crippen LogP contribution in [0.2, 0.25) is 0 Å². The van der Waals surface area contributed by atoms with E-state index in [1.54, 1.807) is 24.7 Å². The number of hydrogen-bond acceptors (Lipinski definition) is 3. The molecule has 0 fully saturated rings. The molecule has 0 aliphatic carbocycles. The quantitative estimate of drug-likeness (QED) is 0.758. The number of benzene rings is 2. The summed E-state index contributed by atoms with van der Waals surface area (Å²) in [5.41, 5.74) is 0.992. The first-order chi connectivity index (χ1) is 8.81. The van der Waals surface area contributed by atoms with Crippen LogP contribution in [-0.2, 0) is 6.61 Å². The Bertz CT molecular complexity index is 657. The van der Waals surface area contributed by atoms with Gasteiger partial charge in [0.05, 0.1) is 12.5 Å². The van der Waals surface area contributed by atoms with Crippen molar-refractivity contribution in [3.05, 3.63) is 60.6 Å². The molecule has 0 bridgehead atoms. The van der Waals surface area contributed by atoms with E-state index >= 15 is 0 Å². The molecule has 0 saturated carbocycles. The Labute approximate surface area is 104 Å². The lowest BCUT2D eigenvalue weighted by Crippen LogP contribution is -1.93. The van der Waals surface area contributed by atoms with Gasteiger partial charge in [0.25, 0.3) is 0 Å². The SMILES string of the molecule is Oc1ccc2ccc(OCc3ccoc3)cc2c1. The largest absolute Gasteiger partial charge is 0.508 e. The van der Waals surface area contributed by atoms with E-state index in [0.717, 1.165) is 22.1 Å². The molecule has 0 unspecified atom stereocenters. The Morgan fingerprint density at radius 3 is 2.72 bits per heavy atom. The van der Waals surface area contributed by atoms with E-state index in [1.807, 2.05) is 30.3 Å². The van der Waals surface area contributed by atoms with Gasteiger partial charge in [-0.25, -0.2) is 0 Å². The fourth-order valence-corrected chi connectivity index (χ4v) is 1.84. The van der Waals surface area contributed by atoms with Gasteiger partial charge in [-0.1, -0.05) is 12.1 Å². The first-order valence-corrected chi connectivity index (χ1v) is 5.68. The Balaban J connectivity index is 1.84. The fourth-order valence-electron chi connectivity index (χ4n) is 1.84. The average Bonchev–Trinajstić information content (AvgIpc) is 2.89. The Kier molecular flexibility index (Phi) is 2.65. The molecule has 0 amide bonds. The summed E-state index contributed by atoms with van der Waals surface area (Å²) in [5, 5.41) is 11.5. The summed E-state index contributed by atoms with van der Waals surface area (Å²) in [4.78, 5) is 0. The average molecular weight is 240 g/mol. The van der Waals surface area contributed by atoms with Gasteiger partial charge >= 0.3 is 0 Å². The van der Waals surface area contributed by atoms with Crippen molar-refractivity contribution in [3.63, 3.8) is 0 Å². The maximum absolute atomic E-state index is 9.45. The van der Waals surface area contributed by atoms with E-state index in [0.29, 0.717) is 6.61 Å². The third-order valence-corrected chi connectivity index (χ3v) is 2.78. The topological polar surface area (TPSA) is 42.6 Å². The molecule has 18 heavy (non-hydrogen) atoms. The summed E-state index contributed by atoms with van der Waals surface area (Å²) in [6, 6.07) is 12.9. The smallest absolute Gasteiger partial charge is 0.120 e. The molecule has 90 valence electrons. The van der Waals surface area contributed by atoms with E-state index < -0.39 is 0 Å². The van der Waals surface area contributed by atoms with Crippen molar-refractivity contribution >= 4 is 10.8 Å². The molecule has 3 nitrogen and oxygen atoms in total. The second kappa shape index (κ2) is 4.45. The lowest BCUT2D eigenvalue weighted by molar-refractivity contribution is 0.305. The molecule has 3 aromatic rings. The van der Waals surface area contributed by atoms with Crippen LogP contribution in [0.5, 0.6) is 11.5 Å². The molecular weight excluding hydrogens is 228 g/mol.